The van der Waals surface area contributed by atoms with Gasteiger partial charge < -0.3 is 9.84 Å². The van der Waals surface area contributed by atoms with Gasteiger partial charge in [-0.05, 0) is 38.0 Å². The Morgan fingerprint density at radius 2 is 2.00 bits per heavy atom. The molecule has 0 amide bonds. The summed E-state index contributed by atoms with van der Waals surface area (Å²) >= 11 is 0. The first-order chi connectivity index (χ1) is 9.32. The maximum Gasteiger partial charge on any atom is 0.335 e. The average molecular weight is 299 g/mol. The second kappa shape index (κ2) is 5.51. The monoisotopic (exact) mass is 299 g/mol. The van der Waals surface area contributed by atoms with Crippen molar-refractivity contribution in [1.29, 1.82) is 0 Å². The van der Waals surface area contributed by atoms with Crippen LogP contribution in [0.2, 0.25) is 0 Å². The van der Waals surface area contributed by atoms with Crippen molar-refractivity contribution < 1.29 is 23.1 Å². The van der Waals surface area contributed by atoms with Crippen molar-refractivity contribution in [3.63, 3.8) is 0 Å². The molecular weight excluding hydrogens is 282 g/mol. The fourth-order valence-electron chi connectivity index (χ4n) is 2.10. The van der Waals surface area contributed by atoms with Gasteiger partial charge in [0.05, 0.1) is 10.5 Å². The first kappa shape index (κ1) is 15.0. The molecule has 1 saturated heterocycles. The standard InChI is InChI=1S/C13H17NO5S/c1-13(5-7-19-8-6-13)14-20(17,18)11-4-2-3-10(9-11)12(15)16/h2-4,9,14H,5-8H2,1H3,(H,15,16). The van der Waals surface area contributed by atoms with Crippen molar-refractivity contribution in [2.75, 3.05) is 13.2 Å². The Kier molecular flexibility index (Phi) is 4.12. The van der Waals surface area contributed by atoms with Gasteiger partial charge in [-0.3, -0.25) is 0 Å². The van der Waals surface area contributed by atoms with Gasteiger partial charge in [-0.2, -0.15) is 0 Å². The molecule has 1 aromatic rings. The molecule has 110 valence electrons. The van der Waals surface area contributed by atoms with Crippen LogP contribution in [0.5, 0.6) is 0 Å². The van der Waals surface area contributed by atoms with Crippen LogP contribution in [-0.2, 0) is 14.8 Å². The molecule has 2 rings (SSSR count). The van der Waals surface area contributed by atoms with E-state index >= 15 is 0 Å². The quantitative estimate of drug-likeness (QED) is 0.872. The zero-order valence-corrected chi connectivity index (χ0v) is 11.9. The average Bonchev–Trinajstić information content (AvgIpc) is 2.38. The molecule has 0 unspecified atom stereocenters. The molecule has 2 N–H and O–H groups in total. The first-order valence-corrected chi connectivity index (χ1v) is 7.76. The topological polar surface area (TPSA) is 92.7 Å². The number of sulfonamides is 1. The number of hydrogen-bond donors (Lipinski definition) is 2. The van der Waals surface area contributed by atoms with Gasteiger partial charge in [-0.1, -0.05) is 6.07 Å². The normalized spacial score (nSPS) is 18.6. The maximum atomic E-state index is 12.3. The lowest BCUT2D eigenvalue weighted by molar-refractivity contribution is 0.0537. The Morgan fingerprint density at radius 3 is 2.60 bits per heavy atom. The van der Waals surface area contributed by atoms with E-state index in [1.54, 1.807) is 0 Å². The number of benzene rings is 1. The minimum Gasteiger partial charge on any atom is -0.478 e. The van der Waals surface area contributed by atoms with E-state index in [2.05, 4.69) is 4.72 Å². The zero-order chi connectivity index (χ0) is 14.8. The highest BCUT2D eigenvalue weighted by Crippen LogP contribution is 2.23. The van der Waals surface area contributed by atoms with Crippen molar-refractivity contribution in [2.24, 2.45) is 0 Å². The highest BCUT2D eigenvalue weighted by Gasteiger charge is 2.32. The number of ether oxygens (including phenoxy) is 1. The Morgan fingerprint density at radius 1 is 1.35 bits per heavy atom. The summed E-state index contributed by atoms with van der Waals surface area (Å²) < 4.78 is 32.5. The molecule has 0 spiro atoms. The van der Waals surface area contributed by atoms with Crippen molar-refractivity contribution in [3.8, 4) is 0 Å². The van der Waals surface area contributed by atoms with Gasteiger partial charge in [-0.25, -0.2) is 17.9 Å². The van der Waals surface area contributed by atoms with Crippen LogP contribution in [0.3, 0.4) is 0 Å². The molecule has 20 heavy (non-hydrogen) atoms. The van der Waals surface area contributed by atoms with E-state index in [0.717, 1.165) is 6.07 Å². The Balaban J connectivity index is 2.26. The molecule has 0 bridgehead atoms. The van der Waals surface area contributed by atoms with E-state index < -0.39 is 21.5 Å². The van der Waals surface area contributed by atoms with E-state index in [-0.39, 0.29) is 10.5 Å². The molecule has 0 saturated carbocycles. The van der Waals surface area contributed by atoms with Crippen LogP contribution in [0.25, 0.3) is 0 Å². The van der Waals surface area contributed by atoms with E-state index in [9.17, 15) is 13.2 Å². The molecule has 0 atom stereocenters. The molecule has 0 radical (unpaired) electrons. The van der Waals surface area contributed by atoms with Crippen molar-refractivity contribution in [1.82, 2.24) is 4.72 Å². The summed E-state index contributed by atoms with van der Waals surface area (Å²) in [5, 5.41) is 8.92. The third-order valence-electron chi connectivity index (χ3n) is 3.37. The molecule has 1 aliphatic heterocycles. The Labute approximate surface area is 117 Å². The lowest BCUT2D eigenvalue weighted by atomic mass is 9.94. The van der Waals surface area contributed by atoms with Crippen LogP contribution in [0.4, 0.5) is 0 Å². The fraction of sp³-hybridized carbons (Fsp3) is 0.462. The number of rotatable bonds is 4. The molecule has 1 aliphatic rings. The maximum absolute atomic E-state index is 12.3. The number of carboxylic acids is 1. The van der Waals surface area contributed by atoms with Crippen LogP contribution < -0.4 is 4.72 Å². The molecule has 0 aromatic heterocycles. The van der Waals surface area contributed by atoms with Crippen LogP contribution in [0.15, 0.2) is 29.2 Å². The van der Waals surface area contributed by atoms with Gasteiger partial charge in [0.25, 0.3) is 0 Å². The fourth-order valence-corrected chi connectivity index (χ4v) is 3.61. The second-order valence-electron chi connectivity index (χ2n) is 5.11. The summed E-state index contributed by atoms with van der Waals surface area (Å²) in [7, 11) is -3.74. The van der Waals surface area contributed by atoms with Gasteiger partial charge in [0, 0.05) is 18.8 Å². The third-order valence-corrected chi connectivity index (χ3v) is 5.00. The van der Waals surface area contributed by atoms with E-state index in [1.165, 1.54) is 18.2 Å². The lowest BCUT2D eigenvalue weighted by Gasteiger charge is -2.34. The van der Waals surface area contributed by atoms with Crippen LogP contribution in [0, 0.1) is 0 Å². The summed E-state index contributed by atoms with van der Waals surface area (Å²) in [6.45, 7) is 2.84. The number of hydrogen-bond acceptors (Lipinski definition) is 4. The largest absolute Gasteiger partial charge is 0.478 e. The first-order valence-electron chi connectivity index (χ1n) is 6.28. The predicted molar refractivity (Wildman–Crippen MR) is 72.2 cm³/mol. The summed E-state index contributed by atoms with van der Waals surface area (Å²) in [4.78, 5) is 10.9. The lowest BCUT2D eigenvalue weighted by Crippen LogP contribution is -2.49. The van der Waals surface area contributed by atoms with Crippen molar-refractivity contribution in [3.05, 3.63) is 29.8 Å². The summed E-state index contributed by atoms with van der Waals surface area (Å²) in [5.41, 5.74) is -0.610. The number of nitrogens with one attached hydrogen (secondary N) is 1. The van der Waals surface area contributed by atoms with Gasteiger partial charge in [-0.15, -0.1) is 0 Å². The minimum atomic E-state index is -3.74. The second-order valence-corrected chi connectivity index (χ2v) is 6.79. The molecule has 0 aliphatic carbocycles. The highest BCUT2D eigenvalue weighted by atomic mass is 32.2. The summed E-state index contributed by atoms with van der Waals surface area (Å²) in [6, 6.07) is 5.33. The Bertz CT molecular complexity index is 605. The molecule has 1 heterocycles. The molecule has 1 fully saturated rings. The van der Waals surface area contributed by atoms with Crippen LogP contribution >= 0.6 is 0 Å². The van der Waals surface area contributed by atoms with Gasteiger partial charge in [0.2, 0.25) is 10.0 Å². The SMILES string of the molecule is CC1(NS(=O)(=O)c2cccc(C(=O)O)c2)CCOCC1. The smallest absolute Gasteiger partial charge is 0.335 e. The van der Waals surface area contributed by atoms with E-state index in [4.69, 9.17) is 9.84 Å². The molecule has 1 aromatic carbocycles. The third kappa shape index (κ3) is 3.36. The molecule has 6 nitrogen and oxygen atoms in total. The zero-order valence-electron chi connectivity index (χ0n) is 11.1. The van der Waals surface area contributed by atoms with Crippen molar-refractivity contribution in [2.45, 2.75) is 30.2 Å². The Hall–Kier alpha value is -1.44. The van der Waals surface area contributed by atoms with Gasteiger partial charge in [0.15, 0.2) is 0 Å². The number of carboxylic acid groups (broad SMARTS) is 1. The predicted octanol–water partition coefficient (Wildman–Crippen LogP) is 1.23. The minimum absolute atomic E-state index is 0.0369. The number of carbonyl (C=O) groups is 1. The van der Waals surface area contributed by atoms with Gasteiger partial charge in [0.1, 0.15) is 0 Å². The number of aromatic carboxylic acids is 1. The molecular formula is C13H17NO5S. The molecule has 7 heteroatoms. The van der Waals surface area contributed by atoms with E-state index in [1.807, 2.05) is 6.92 Å². The van der Waals surface area contributed by atoms with Crippen molar-refractivity contribution >= 4 is 16.0 Å². The van der Waals surface area contributed by atoms with Crippen LogP contribution in [-0.4, -0.2) is 38.2 Å². The summed E-state index contributed by atoms with van der Waals surface area (Å²) in [6.07, 6.45) is 1.18. The van der Waals surface area contributed by atoms with E-state index in [0.29, 0.717) is 26.1 Å². The van der Waals surface area contributed by atoms with Crippen LogP contribution in [0.1, 0.15) is 30.1 Å². The summed E-state index contributed by atoms with van der Waals surface area (Å²) in [5.74, 6) is -1.15. The van der Waals surface area contributed by atoms with Gasteiger partial charge >= 0.3 is 5.97 Å². The highest BCUT2D eigenvalue weighted by molar-refractivity contribution is 7.89.